The van der Waals surface area contributed by atoms with Crippen LogP contribution in [-0.4, -0.2) is 16.9 Å². The van der Waals surface area contributed by atoms with Crippen molar-refractivity contribution in [1.29, 1.82) is 0 Å². The minimum absolute atomic E-state index is 0.0408. The van der Waals surface area contributed by atoms with Crippen LogP contribution < -0.4 is 10.6 Å². The maximum atomic E-state index is 12.8. The Morgan fingerprint density at radius 3 is 2.24 bits per heavy atom. The number of aromatic nitrogens is 1. The molecule has 29 heavy (non-hydrogen) atoms. The Morgan fingerprint density at radius 1 is 0.931 bits per heavy atom. The second-order valence-electron chi connectivity index (χ2n) is 7.76. The van der Waals surface area contributed by atoms with E-state index in [2.05, 4.69) is 41.4 Å². The molecule has 0 bridgehead atoms. The topological polar surface area (TPSA) is 66.4 Å². The molecule has 0 atom stereocenters. The van der Waals surface area contributed by atoms with Gasteiger partial charge < -0.3 is 5.32 Å². The predicted molar refractivity (Wildman–Crippen MR) is 118 cm³/mol. The summed E-state index contributed by atoms with van der Waals surface area (Å²) in [6, 6.07) is 23.0. The summed E-state index contributed by atoms with van der Waals surface area (Å²) in [6.45, 7) is 6.80. The van der Waals surface area contributed by atoms with Gasteiger partial charge in [-0.05, 0) is 47.4 Å². The van der Waals surface area contributed by atoms with Gasteiger partial charge in [-0.2, -0.15) is 0 Å². The molecule has 0 spiro atoms. The van der Waals surface area contributed by atoms with E-state index in [9.17, 15) is 4.79 Å². The molecule has 0 saturated carbocycles. The number of pyridine rings is 1. The van der Waals surface area contributed by atoms with E-state index in [1.807, 2.05) is 72.8 Å². The van der Waals surface area contributed by atoms with Crippen molar-refractivity contribution in [3.8, 4) is 0 Å². The van der Waals surface area contributed by atoms with Crippen molar-refractivity contribution < 1.29 is 4.79 Å². The smallest absolute Gasteiger partial charge is 0.257 e. The number of carbonyl (C=O) groups is 1. The summed E-state index contributed by atoms with van der Waals surface area (Å²) in [6.07, 6.45) is 1.73. The first-order valence-electron chi connectivity index (χ1n) is 9.60. The Balaban J connectivity index is 1.77. The van der Waals surface area contributed by atoms with Crippen LogP contribution in [0.3, 0.4) is 0 Å². The van der Waals surface area contributed by atoms with Gasteiger partial charge in [0, 0.05) is 17.4 Å². The van der Waals surface area contributed by atoms with Gasteiger partial charge in [0.05, 0.1) is 12.2 Å². The van der Waals surface area contributed by atoms with E-state index in [1.165, 1.54) is 5.56 Å². The van der Waals surface area contributed by atoms with E-state index >= 15 is 0 Å². The number of hydrogen-bond donors (Lipinski definition) is 2. The van der Waals surface area contributed by atoms with Crippen LogP contribution in [0.2, 0.25) is 0 Å². The van der Waals surface area contributed by atoms with Crippen LogP contribution >= 0.6 is 0 Å². The lowest BCUT2D eigenvalue weighted by molar-refractivity contribution is 0.0977. The fraction of sp³-hybridized carbons (Fsp3) is 0.208. The highest BCUT2D eigenvalue weighted by Crippen LogP contribution is 2.22. The fourth-order valence-corrected chi connectivity index (χ4v) is 2.72. The summed E-state index contributed by atoms with van der Waals surface area (Å²) in [5.41, 5.74) is 3.47. The Morgan fingerprint density at radius 2 is 1.62 bits per heavy atom. The molecular weight excluding hydrogens is 360 g/mol. The van der Waals surface area contributed by atoms with Crippen molar-refractivity contribution in [2.24, 2.45) is 4.99 Å². The molecule has 0 aliphatic carbocycles. The second kappa shape index (κ2) is 9.15. The Kier molecular flexibility index (Phi) is 6.39. The second-order valence-corrected chi connectivity index (χ2v) is 7.76. The molecule has 0 unspecified atom stereocenters. The third-order valence-corrected chi connectivity index (χ3v) is 4.41. The van der Waals surface area contributed by atoms with Crippen LogP contribution in [0.4, 0.5) is 5.69 Å². The van der Waals surface area contributed by atoms with E-state index in [-0.39, 0.29) is 11.3 Å². The van der Waals surface area contributed by atoms with Gasteiger partial charge in [0.2, 0.25) is 5.96 Å². The monoisotopic (exact) mass is 386 g/mol. The van der Waals surface area contributed by atoms with Crippen LogP contribution in [-0.2, 0) is 12.0 Å². The zero-order valence-corrected chi connectivity index (χ0v) is 17.0. The van der Waals surface area contributed by atoms with E-state index in [0.29, 0.717) is 18.1 Å². The first-order chi connectivity index (χ1) is 13.9. The van der Waals surface area contributed by atoms with Gasteiger partial charge in [-0.25, -0.2) is 4.99 Å². The molecule has 0 aliphatic heterocycles. The molecule has 0 fully saturated rings. The summed E-state index contributed by atoms with van der Waals surface area (Å²) in [5.74, 6) is 0.167. The number of carbonyl (C=O) groups excluding carboxylic acids is 1. The van der Waals surface area contributed by atoms with Crippen LogP contribution in [0.5, 0.6) is 0 Å². The zero-order valence-electron chi connectivity index (χ0n) is 17.0. The van der Waals surface area contributed by atoms with Crippen molar-refractivity contribution in [2.75, 3.05) is 5.32 Å². The molecule has 148 valence electrons. The first kappa shape index (κ1) is 20.3. The average molecular weight is 386 g/mol. The lowest BCUT2D eigenvalue weighted by Crippen LogP contribution is -2.36. The Hall–Kier alpha value is -3.47. The normalized spacial score (nSPS) is 11.8. The van der Waals surface area contributed by atoms with Crippen LogP contribution in [0.1, 0.15) is 42.4 Å². The zero-order chi connectivity index (χ0) is 20.7. The number of nitrogens with zero attached hydrogens (tertiary/aromatic N) is 2. The number of aliphatic imine (C=N–C) groups is 1. The van der Waals surface area contributed by atoms with Crippen LogP contribution in [0.25, 0.3) is 0 Å². The van der Waals surface area contributed by atoms with Crippen molar-refractivity contribution in [3.63, 3.8) is 0 Å². The molecule has 0 aliphatic rings. The van der Waals surface area contributed by atoms with Crippen molar-refractivity contribution in [2.45, 2.75) is 32.7 Å². The molecule has 1 aromatic heterocycles. The van der Waals surface area contributed by atoms with Crippen molar-refractivity contribution >= 4 is 17.6 Å². The number of para-hydroxylation sites is 1. The van der Waals surface area contributed by atoms with E-state index < -0.39 is 0 Å². The van der Waals surface area contributed by atoms with Crippen molar-refractivity contribution in [3.05, 3.63) is 95.8 Å². The average Bonchev–Trinajstić information content (AvgIpc) is 2.73. The lowest BCUT2D eigenvalue weighted by Gasteiger charge is -2.19. The SMILES string of the molecule is CC(C)(C)c1ccc(C(=O)NC(=NCc2ccccn2)Nc2ccccc2)cc1. The van der Waals surface area contributed by atoms with Crippen molar-refractivity contribution in [1.82, 2.24) is 10.3 Å². The Labute approximate surface area is 171 Å². The minimum Gasteiger partial charge on any atom is -0.326 e. The van der Waals surface area contributed by atoms with Gasteiger partial charge in [-0.15, -0.1) is 0 Å². The van der Waals surface area contributed by atoms with E-state index in [4.69, 9.17) is 0 Å². The molecule has 2 N–H and O–H groups in total. The molecule has 5 nitrogen and oxygen atoms in total. The summed E-state index contributed by atoms with van der Waals surface area (Å²) in [5, 5.41) is 6.06. The number of rotatable bonds is 4. The minimum atomic E-state index is -0.214. The largest absolute Gasteiger partial charge is 0.326 e. The molecule has 1 amide bonds. The molecule has 5 heteroatoms. The predicted octanol–water partition coefficient (Wildman–Crippen LogP) is 4.78. The van der Waals surface area contributed by atoms with Gasteiger partial charge in [0.1, 0.15) is 0 Å². The highest BCUT2D eigenvalue weighted by molar-refractivity contribution is 6.09. The number of benzene rings is 2. The number of amides is 1. The number of guanidine groups is 1. The molecule has 3 aromatic rings. The Bertz CT molecular complexity index is 959. The molecule has 0 radical (unpaired) electrons. The molecule has 2 aromatic carbocycles. The summed E-state index contributed by atoms with van der Waals surface area (Å²) in [4.78, 5) is 21.6. The maximum Gasteiger partial charge on any atom is 0.257 e. The number of hydrogen-bond acceptors (Lipinski definition) is 3. The highest BCUT2D eigenvalue weighted by atomic mass is 16.1. The number of anilines is 1. The van der Waals surface area contributed by atoms with Crippen LogP contribution in [0.15, 0.2) is 84.0 Å². The molecule has 0 saturated heterocycles. The van der Waals surface area contributed by atoms with Gasteiger partial charge >= 0.3 is 0 Å². The molecular formula is C24H26N4O. The molecule has 1 heterocycles. The first-order valence-corrected chi connectivity index (χ1v) is 9.60. The fourth-order valence-electron chi connectivity index (χ4n) is 2.72. The highest BCUT2D eigenvalue weighted by Gasteiger charge is 2.15. The van der Waals surface area contributed by atoms with E-state index in [0.717, 1.165) is 11.4 Å². The summed E-state index contributed by atoms with van der Waals surface area (Å²) >= 11 is 0. The molecule has 3 rings (SSSR count). The van der Waals surface area contributed by atoms with Gasteiger partial charge in [-0.3, -0.25) is 15.1 Å². The van der Waals surface area contributed by atoms with Crippen LogP contribution in [0, 0.1) is 0 Å². The maximum absolute atomic E-state index is 12.8. The summed E-state index contributed by atoms with van der Waals surface area (Å²) in [7, 11) is 0. The summed E-state index contributed by atoms with van der Waals surface area (Å²) < 4.78 is 0. The van der Waals surface area contributed by atoms with E-state index in [1.54, 1.807) is 6.20 Å². The lowest BCUT2D eigenvalue weighted by atomic mass is 9.87. The third-order valence-electron chi connectivity index (χ3n) is 4.41. The van der Waals surface area contributed by atoms with Gasteiger partial charge in [0.15, 0.2) is 0 Å². The van der Waals surface area contributed by atoms with Gasteiger partial charge in [0.25, 0.3) is 5.91 Å². The standard InChI is InChI=1S/C24H26N4O/c1-24(2,3)19-14-12-18(13-15-19)22(29)28-23(27-20-9-5-4-6-10-20)26-17-21-11-7-8-16-25-21/h4-16H,17H2,1-3H3,(H2,26,27,28,29). The quantitative estimate of drug-likeness (QED) is 0.501. The third kappa shape index (κ3) is 6.01. The number of nitrogens with one attached hydrogen (secondary N) is 2. The van der Waals surface area contributed by atoms with Gasteiger partial charge in [-0.1, -0.05) is 57.2 Å².